The molecule has 0 unspecified atom stereocenters. The molecule has 20 heavy (non-hydrogen) atoms. The third kappa shape index (κ3) is 4.91. The Labute approximate surface area is 119 Å². The number of carbonyl (C=O) groups is 2. The SMILES string of the molecule is CC(C)C(=O)NCCOc1ccc(C(=O)N(C)C)cc1. The summed E-state index contributed by atoms with van der Waals surface area (Å²) >= 11 is 0. The van der Waals surface area contributed by atoms with E-state index in [2.05, 4.69) is 5.32 Å². The second-order valence-electron chi connectivity index (χ2n) is 5.02. The summed E-state index contributed by atoms with van der Waals surface area (Å²) in [5, 5.41) is 2.77. The predicted molar refractivity (Wildman–Crippen MR) is 77.8 cm³/mol. The summed E-state index contributed by atoms with van der Waals surface area (Å²) in [6, 6.07) is 6.96. The largest absolute Gasteiger partial charge is 0.492 e. The van der Waals surface area contributed by atoms with Gasteiger partial charge in [0.15, 0.2) is 0 Å². The number of rotatable bonds is 6. The Morgan fingerprint density at radius 2 is 1.80 bits per heavy atom. The number of nitrogens with zero attached hydrogens (tertiary/aromatic N) is 1. The minimum Gasteiger partial charge on any atom is -0.492 e. The number of ether oxygens (including phenoxy) is 1. The summed E-state index contributed by atoms with van der Waals surface area (Å²) in [5.74, 6) is 0.631. The number of carbonyl (C=O) groups excluding carboxylic acids is 2. The van der Waals surface area contributed by atoms with Crippen molar-refractivity contribution in [1.29, 1.82) is 0 Å². The third-order valence-electron chi connectivity index (χ3n) is 2.70. The van der Waals surface area contributed by atoms with E-state index in [1.165, 1.54) is 4.90 Å². The third-order valence-corrected chi connectivity index (χ3v) is 2.70. The van der Waals surface area contributed by atoms with E-state index in [1.54, 1.807) is 38.4 Å². The minimum absolute atomic E-state index is 0.0144. The van der Waals surface area contributed by atoms with Crippen LogP contribution in [-0.2, 0) is 4.79 Å². The lowest BCUT2D eigenvalue weighted by Crippen LogP contribution is -2.31. The van der Waals surface area contributed by atoms with Gasteiger partial charge in [-0.25, -0.2) is 0 Å². The second-order valence-corrected chi connectivity index (χ2v) is 5.02. The van der Waals surface area contributed by atoms with Gasteiger partial charge in [-0.15, -0.1) is 0 Å². The highest BCUT2D eigenvalue weighted by molar-refractivity contribution is 5.93. The first-order valence-electron chi connectivity index (χ1n) is 6.64. The molecule has 0 saturated carbocycles. The Hall–Kier alpha value is -2.04. The molecule has 1 aromatic carbocycles. The van der Waals surface area contributed by atoms with Gasteiger partial charge in [-0.05, 0) is 24.3 Å². The second kappa shape index (κ2) is 7.53. The highest BCUT2D eigenvalue weighted by Crippen LogP contribution is 2.12. The lowest BCUT2D eigenvalue weighted by molar-refractivity contribution is -0.124. The van der Waals surface area contributed by atoms with Gasteiger partial charge in [-0.1, -0.05) is 13.8 Å². The van der Waals surface area contributed by atoms with Gasteiger partial charge in [-0.3, -0.25) is 9.59 Å². The summed E-state index contributed by atoms with van der Waals surface area (Å²) in [5.41, 5.74) is 0.621. The molecule has 0 aliphatic rings. The van der Waals surface area contributed by atoms with Crippen LogP contribution in [0.25, 0.3) is 0 Å². The molecule has 0 saturated heterocycles. The Balaban J connectivity index is 2.39. The molecule has 0 aliphatic carbocycles. The van der Waals surface area contributed by atoms with E-state index >= 15 is 0 Å². The molecular formula is C15H22N2O3. The monoisotopic (exact) mass is 278 g/mol. The Morgan fingerprint density at radius 3 is 2.30 bits per heavy atom. The maximum atomic E-state index is 11.7. The number of hydrogen-bond donors (Lipinski definition) is 1. The molecule has 0 atom stereocenters. The van der Waals surface area contributed by atoms with Gasteiger partial charge in [-0.2, -0.15) is 0 Å². The lowest BCUT2D eigenvalue weighted by Gasteiger charge is -2.11. The average Bonchev–Trinajstić information content (AvgIpc) is 2.43. The molecule has 0 spiro atoms. The van der Waals surface area contributed by atoms with Gasteiger partial charge in [0.2, 0.25) is 5.91 Å². The van der Waals surface area contributed by atoms with Crippen LogP contribution in [0.15, 0.2) is 24.3 Å². The molecule has 0 bridgehead atoms. The standard InChI is InChI=1S/C15H22N2O3/c1-11(2)14(18)16-9-10-20-13-7-5-12(6-8-13)15(19)17(3)4/h5-8,11H,9-10H2,1-4H3,(H,16,18). The van der Waals surface area contributed by atoms with Crippen molar-refractivity contribution >= 4 is 11.8 Å². The van der Waals surface area contributed by atoms with Crippen molar-refractivity contribution in [3.63, 3.8) is 0 Å². The molecule has 5 heteroatoms. The highest BCUT2D eigenvalue weighted by atomic mass is 16.5. The molecule has 1 N–H and O–H groups in total. The van der Waals surface area contributed by atoms with Crippen LogP contribution in [0.2, 0.25) is 0 Å². The Morgan fingerprint density at radius 1 is 1.20 bits per heavy atom. The molecule has 110 valence electrons. The van der Waals surface area contributed by atoms with E-state index in [0.29, 0.717) is 24.5 Å². The average molecular weight is 278 g/mol. The van der Waals surface area contributed by atoms with Gasteiger partial charge < -0.3 is 15.0 Å². The predicted octanol–water partition coefficient (Wildman–Crippen LogP) is 1.54. The molecular weight excluding hydrogens is 256 g/mol. The minimum atomic E-state index is -0.0410. The summed E-state index contributed by atoms with van der Waals surface area (Å²) in [7, 11) is 3.42. The van der Waals surface area contributed by atoms with Gasteiger partial charge in [0.1, 0.15) is 12.4 Å². The van der Waals surface area contributed by atoms with Crippen LogP contribution >= 0.6 is 0 Å². The van der Waals surface area contributed by atoms with Gasteiger partial charge >= 0.3 is 0 Å². The fraction of sp³-hybridized carbons (Fsp3) is 0.467. The van der Waals surface area contributed by atoms with E-state index < -0.39 is 0 Å². The quantitative estimate of drug-likeness (QED) is 0.803. The first-order valence-corrected chi connectivity index (χ1v) is 6.64. The van der Waals surface area contributed by atoms with Crippen LogP contribution < -0.4 is 10.1 Å². The highest BCUT2D eigenvalue weighted by Gasteiger charge is 2.08. The summed E-state index contributed by atoms with van der Waals surface area (Å²) in [4.78, 5) is 24.5. The zero-order chi connectivity index (χ0) is 15.1. The van der Waals surface area contributed by atoms with E-state index in [-0.39, 0.29) is 17.7 Å². The molecule has 1 aromatic rings. The van der Waals surface area contributed by atoms with Gasteiger partial charge in [0.25, 0.3) is 5.91 Å². The van der Waals surface area contributed by atoms with Crippen molar-refractivity contribution in [1.82, 2.24) is 10.2 Å². The van der Waals surface area contributed by atoms with E-state index in [4.69, 9.17) is 4.74 Å². The topological polar surface area (TPSA) is 58.6 Å². The van der Waals surface area contributed by atoms with E-state index in [0.717, 1.165) is 0 Å². The van der Waals surface area contributed by atoms with Crippen molar-refractivity contribution in [2.45, 2.75) is 13.8 Å². The maximum absolute atomic E-state index is 11.7. The zero-order valence-electron chi connectivity index (χ0n) is 12.5. The van der Waals surface area contributed by atoms with Crippen LogP contribution in [0.3, 0.4) is 0 Å². The number of benzene rings is 1. The van der Waals surface area contributed by atoms with Crippen molar-refractivity contribution in [3.8, 4) is 5.75 Å². The normalized spacial score (nSPS) is 10.2. The van der Waals surface area contributed by atoms with Crippen molar-refractivity contribution in [2.24, 2.45) is 5.92 Å². The van der Waals surface area contributed by atoms with E-state index in [1.807, 2.05) is 13.8 Å². The Bertz CT molecular complexity index is 453. The molecule has 0 aliphatic heterocycles. The van der Waals surface area contributed by atoms with Crippen LogP contribution in [-0.4, -0.2) is 44.0 Å². The number of hydrogen-bond acceptors (Lipinski definition) is 3. The molecule has 0 fully saturated rings. The first-order chi connectivity index (χ1) is 9.41. The maximum Gasteiger partial charge on any atom is 0.253 e. The van der Waals surface area contributed by atoms with E-state index in [9.17, 15) is 9.59 Å². The van der Waals surface area contributed by atoms with Crippen molar-refractivity contribution in [2.75, 3.05) is 27.2 Å². The van der Waals surface area contributed by atoms with Gasteiger partial charge in [0, 0.05) is 25.6 Å². The fourth-order valence-electron chi connectivity index (χ4n) is 1.50. The molecule has 0 radical (unpaired) electrons. The first kappa shape index (κ1) is 16.0. The smallest absolute Gasteiger partial charge is 0.253 e. The van der Waals surface area contributed by atoms with Crippen LogP contribution in [0.5, 0.6) is 5.75 Å². The number of nitrogens with one attached hydrogen (secondary N) is 1. The number of amides is 2. The van der Waals surface area contributed by atoms with Crippen LogP contribution in [0.4, 0.5) is 0 Å². The van der Waals surface area contributed by atoms with Crippen molar-refractivity contribution < 1.29 is 14.3 Å². The van der Waals surface area contributed by atoms with Gasteiger partial charge in [0.05, 0.1) is 6.54 Å². The molecule has 2 amide bonds. The van der Waals surface area contributed by atoms with Crippen molar-refractivity contribution in [3.05, 3.63) is 29.8 Å². The molecule has 5 nitrogen and oxygen atoms in total. The zero-order valence-corrected chi connectivity index (χ0v) is 12.5. The van der Waals surface area contributed by atoms with Crippen LogP contribution in [0, 0.1) is 5.92 Å². The fourth-order valence-corrected chi connectivity index (χ4v) is 1.50. The summed E-state index contributed by atoms with van der Waals surface area (Å²) in [6.07, 6.45) is 0. The van der Waals surface area contributed by atoms with Crippen LogP contribution in [0.1, 0.15) is 24.2 Å². The summed E-state index contributed by atoms with van der Waals surface area (Å²) in [6.45, 7) is 4.56. The Kier molecular flexibility index (Phi) is 6.03. The summed E-state index contributed by atoms with van der Waals surface area (Å²) < 4.78 is 5.49. The molecule has 0 heterocycles. The molecule has 1 rings (SSSR count). The molecule has 0 aromatic heterocycles. The lowest BCUT2D eigenvalue weighted by atomic mass is 10.2.